The molecule has 2 heterocycles. The van der Waals surface area contributed by atoms with E-state index < -0.39 is 0 Å². The Hall–Kier alpha value is -2.33. The summed E-state index contributed by atoms with van der Waals surface area (Å²) >= 11 is 0. The molecule has 0 bridgehead atoms. The maximum atomic E-state index is 9.69. The molecule has 0 spiro atoms. The number of aromatic nitrogens is 2. The zero-order valence-corrected chi connectivity index (χ0v) is 12.2. The van der Waals surface area contributed by atoms with Crippen molar-refractivity contribution in [2.45, 2.75) is 20.0 Å². The van der Waals surface area contributed by atoms with E-state index in [1.807, 2.05) is 53.9 Å². The molecule has 0 atom stereocenters. The minimum absolute atomic E-state index is 0.0239. The summed E-state index contributed by atoms with van der Waals surface area (Å²) < 4.78 is 7.22. The number of imidazole rings is 1. The molecule has 0 amide bonds. The Bertz CT molecular complexity index is 778. The van der Waals surface area contributed by atoms with Crippen molar-refractivity contribution in [3.05, 3.63) is 65.1 Å². The second kappa shape index (κ2) is 5.58. The highest BCUT2D eigenvalue weighted by molar-refractivity contribution is 5.51. The van der Waals surface area contributed by atoms with Gasteiger partial charge in [0.25, 0.3) is 0 Å². The first-order valence-electron chi connectivity index (χ1n) is 6.92. The van der Waals surface area contributed by atoms with Crippen LogP contribution < -0.4 is 4.74 Å². The van der Waals surface area contributed by atoms with Gasteiger partial charge in [-0.3, -0.25) is 0 Å². The van der Waals surface area contributed by atoms with Crippen molar-refractivity contribution in [3.63, 3.8) is 0 Å². The Morgan fingerprint density at radius 3 is 2.86 bits per heavy atom. The Kier molecular flexibility index (Phi) is 3.62. The summed E-state index contributed by atoms with van der Waals surface area (Å²) in [6.45, 7) is 2.00. The highest BCUT2D eigenvalue weighted by Crippen LogP contribution is 2.21. The van der Waals surface area contributed by atoms with Crippen molar-refractivity contribution in [2.75, 3.05) is 7.11 Å². The number of nitrogens with zero attached hydrogens (tertiary/aromatic N) is 2. The molecule has 108 valence electrons. The monoisotopic (exact) mass is 282 g/mol. The number of pyridine rings is 1. The third kappa shape index (κ3) is 2.50. The molecular formula is C17H18N2O2. The Morgan fingerprint density at radius 2 is 2.10 bits per heavy atom. The van der Waals surface area contributed by atoms with Crippen molar-refractivity contribution in [2.24, 2.45) is 0 Å². The molecule has 0 radical (unpaired) electrons. The molecule has 0 aliphatic carbocycles. The van der Waals surface area contributed by atoms with E-state index in [1.165, 1.54) is 0 Å². The second-order valence-corrected chi connectivity index (χ2v) is 5.08. The van der Waals surface area contributed by atoms with Crippen molar-refractivity contribution >= 4 is 5.65 Å². The van der Waals surface area contributed by atoms with Gasteiger partial charge in [-0.1, -0.05) is 18.2 Å². The lowest BCUT2D eigenvalue weighted by molar-refractivity contribution is 0.274. The van der Waals surface area contributed by atoms with E-state index in [-0.39, 0.29) is 6.61 Å². The van der Waals surface area contributed by atoms with Crippen LogP contribution in [-0.4, -0.2) is 21.6 Å². The van der Waals surface area contributed by atoms with Gasteiger partial charge in [-0.15, -0.1) is 0 Å². The third-order valence-electron chi connectivity index (χ3n) is 3.68. The first-order valence-corrected chi connectivity index (χ1v) is 6.92. The molecule has 1 aromatic carbocycles. The summed E-state index contributed by atoms with van der Waals surface area (Å²) in [7, 11) is 1.66. The van der Waals surface area contributed by atoms with Crippen LogP contribution in [0.3, 0.4) is 0 Å². The maximum absolute atomic E-state index is 9.69. The number of aliphatic hydroxyl groups excluding tert-OH is 1. The van der Waals surface area contributed by atoms with E-state index in [0.717, 1.165) is 33.9 Å². The van der Waals surface area contributed by atoms with Crippen LogP contribution in [0, 0.1) is 6.92 Å². The van der Waals surface area contributed by atoms with Gasteiger partial charge in [0.1, 0.15) is 11.4 Å². The maximum Gasteiger partial charge on any atom is 0.140 e. The normalized spacial score (nSPS) is 11.0. The largest absolute Gasteiger partial charge is 0.497 e. The topological polar surface area (TPSA) is 46.8 Å². The third-order valence-corrected chi connectivity index (χ3v) is 3.68. The molecule has 0 aliphatic heterocycles. The van der Waals surface area contributed by atoms with Gasteiger partial charge in [-0.25, -0.2) is 4.98 Å². The number of methoxy groups -OCH3 is 1. The predicted octanol–water partition coefficient (Wildman–Crippen LogP) is 2.73. The number of ether oxygens (including phenoxy) is 1. The molecule has 0 unspecified atom stereocenters. The van der Waals surface area contributed by atoms with Gasteiger partial charge >= 0.3 is 0 Å². The standard InChI is InChI=1S/C17H18N2O2/c1-12-5-4-8-19-16(11-20)15(18-17(12)19)10-13-6-3-7-14(9-13)21-2/h3-9,20H,10-11H2,1-2H3. The number of aliphatic hydroxyl groups is 1. The van der Waals surface area contributed by atoms with E-state index in [2.05, 4.69) is 0 Å². The van der Waals surface area contributed by atoms with E-state index in [4.69, 9.17) is 9.72 Å². The molecule has 0 saturated carbocycles. The summed E-state index contributed by atoms with van der Waals surface area (Å²) in [6.07, 6.45) is 2.62. The van der Waals surface area contributed by atoms with Crippen LogP contribution in [0.1, 0.15) is 22.5 Å². The van der Waals surface area contributed by atoms with Crippen LogP contribution in [-0.2, 0) is 13.0 Å². The SMILES string of the molecule is COc1cccc(Cc2nc3c(C)cccn3c2CO)c1. The summed E-state index contributed by atoms with van der Waals surface area (Å²) in [4.78, 5) is 4.70. The van der Waals surface area contributed by atoms with Crippen molar-refractivity contribution in [3.8, 4) is 5.75 Å². The van der Waals surface area contributed by atoms with Gasteiger partial charge in [0.05, 0.1) is 25.1 Å². The molecule has 21 heavy (non-hydrogen) atoms. The van der Waals surface area contributed by atoms with Crippen LogP contribution in [0.15, 0.2) is 42.6 Å². The van der Waals surface area contributed by atoms with E-state index in [9.17, 15) is 5.11 Å². The van der Waals surface area contributed by atoms with Crippen LogP contribution >= 0.6 is 0 Å². The zero-order valence-electron chi connectivity index (χ0n) is 12.2. The van der Waals surface area contributed by atoms with Gasteiger partial charge in [0, 0.05) is 12.6 Å². The number of benzene rings is 1. The molecule has 3 rings (SSSR count). The fourth-order valence-electron chi connectivity index (χ4n) is 2.58. The number of hydrogen-bond donors (Lipinski definition) is 1. The van der Waals surface area contributed by atoms with Crippen LogP contribution in [0.5, 0.6) is 5.75 Å². The lowest BCUT2D eigenvalue weighted by Gasteiger charge is -2.04. The molecule has 0 saturated heterocycles. The second-order valence-electron chi connectivity index (χ2n) is 5.08. The molecule has 2 aromatic heterocycles. The fourth-order valence-corrected chi connectivity index (χ4v) is 2.58. The van der Waals surface area contributed by atoms with E-state index in [1.54, 1.807) is 7.11 Å². The highest BCUT2D eigenvalue weighted by atomic mass is 16.5. The summed E-state index contributed by atoms with van der Waals surface area (Å²) in [5.74, 6) is 0.831. The van der Waals surface area contributed by atoms with Crippen LogP contribution in [0.4, 0.5) is 0 Å². The number of rotatable bonds is 4. The Labute approximate surface area is 123 Å². The van der Waals surface area contributed by atoms with Crippen LogP contribution in [0.2, 0.25) is 0 Å². The number of aryl methyl sites for hydroxylation is 1. The Morgan fingerprint density at radius 1 is 1.24 bits per heavy atom. The quantitative estimate of drug-likeness (QED) is 0.800. The molecular weight excluding hydrogens is 264 g/mol. The number of fused-ring (bicyclic) bond motifs is 1. The van der Waals surface area contributed by atoms with Crippen molar-refractivity contribution in [1.29, 1.82) is 0 Å². The molecule has 4 heteroatoms. The molecule has 4 nitrogen and oxygen atoms in total. The van der Waals surface area contributed by atoms with Gasteiger partial charge in [-0.05, 0) is 36.2 Å². The average molecular weight is 282 g/mol. The highest BCUT2D eigenvalue weighted by Gasteiger charge is 2.13. The summed E-state index contributed by atoms with van der Waals surface area (Å²) in [6, 6.07) is 11.9. The molecule has 1 N–H and O–H groups in total. The average Bonchev–Trinajstić information content (AvgIpc) is 2.86. The van der Waals surface area contributed by atoms with E-state index in [0.29, 0.717) is 6.42 Å². The fraction of sp³-hybridized carbons (Fsp3) is 0.235. The van der Waals surface area contributed by atoms with Crippen molar-refractivity contribution < 1.29 is 9.84 Å². The summed E-state index contributed by atoms with van der Waals surface area (Å²) in [5, 5.41) is 9.69. The lowest BCUT2D eigenvalue weighted by Crippen LogP contribution is -1.98. The smallest absolute Gasteiger partial charge is 0.140 e. The van der Waals surface area contributed by atoms with Gasteiger partial charge in [0.2, 0.25) is 0 Å². The number of hydrogen-bond acceptors (Lipinski definition) is 3. The molecule has 3 aromatic rings. The van der Waals surface area contributed by atoms with Gasteiger partial charge in [0.15, 0.2) is 0 Å². The first-order chi connectivity index (χ1) is 10.2. The Balaban J connectivity index is 2.05. The summed E-state index contributed by atoms with van der Waals surface area (Å²) in [5.41, 5.74) is 4.87. The predicted molar refractivity (Wildman–Crippen MR) is 81.7 cm³/mol. The molecule has 0 fully saturated rings. The minimum Gasteiger partial charge on any atom is -0.497 e. The zero-order chi connectivity index (χ0) is 14.8. The van der Waals surface area contributed by atoms with Crippen molar-refractivity contribution in [1.82, 2.24) is 9.38 Å². The van der Waals surface area contributed by atoms with E-state index >= 15 is 0 Å². The van der Waals surface area contributed by atoms with Gasteiger partial charge < -0.3 is 14.2 Å². The molecule has 0 aliphatic rings. The van der Waals surface area contributed by atoms with Crippen LogP contribution in [0.25, 0.3) is 5.65 Å². The minimum atomic E-state index is -0.0239. The van der Waals surface area contributed by atoms with Gasteiger partial charge in [-0.2, -0.15) is 0 Å². The first kappa shape index (κ1) is 13.6. The lowest BCUT2D eigenvalue weighted by atomic mass is 10.1.